The topological polar surface area (TPSA) is 90.2 Å². The Morgan fingerprint density at radius 2 is 1.83 bits per heavy atom. The normalized spacial score (nSPS) is 16.4. The average molecular weight is 500 g/mol. The highest BCUT2D eigenvalue weighted by molar-refractivity contribution is 6.07. The fraction of sp³-hybridized carbons (Fsp3) is 0.320. The molecule has 3 aromatic rings. The number of nitrogens with one attached hydrogen (secondary N) is 1. The van der Waals surface area contributed by atoms with Gasteiger partial charge < -0.3 is 23.7 Å². The molecular weight excluding hydrogens is 472 g/mol. The molecule has 1 unspecified atom stereocenters. The number of aliphatic imine (C=N–C) groups is 1. The van der Waals surface area contributed by atoms with Crippen molar-refractivity contribution in [2.45, 2.75) is 25.6 Å². The van der Waals surface area contributed by atoms with Gasteiger partial charge in [0, 0.05) is 31.0 Å². The van der Waals surface area contributed by atoms with Gasteiger partial charge in [0.2, 0.25) is 5.75 Å². The summed E-state index contributed by atoms with van der Waals surface area (Å²) in [5.74, 6) is -0.434. The second-order valence-corrected chi connectivity index (χ2v) is 8.06. The highest BCUT2D eigenvalue weighted by Crippen LogP contribution is 2.38. The Morgan fingerprint density at radius 1 is 1.08 bits per heavy atom. The number of methoxy groups -OCH3 is 3. The number of carbonyl (C=O) groups is 1. The van der Waals surface area contributed by atoms with Gasteiger partial charge in [-0.15, -0.1) is 0 Å². The third kappa shape index (κ3) is 5.09. The first-order valence-corrected chi connectivity index (χ1v) is 11.3. The van der Waals surface area contributed by atoms with Gasteiger partial charge in [0.05, 0.1) is 34.2 Å². The molecule has 0 bridgehead atoms. The van der Waals surface area contributed by atoms with Crippen LogP contribution in [0.2, 0.25) is 0 Å². The number of halogens is 2. The Labute approximate surface area is 207 Å². The summed E-state index contributed by atoms with van der Waals surface area (Å²) in [7, 11) is 4.52. The molecule has 0 saturated carbocycles. The molecule has 2 aromatic carbocycles. The molecule has 0 radical (unpaired) electrons. The Balaban J connectivity index is 1.64. The van der Waals surface area contributed by atoms with Crippen LogP contribution in [0.1, 0.15) is 23.6 Å². The Morgan fingerprint density at radius 3 is 2.47 bits per heavy atom. The molecule has 0 aliphatic carbocycles. The van der Waals surface area contributed by atoms with Gasteiger partial charge in [0.25, 0.3) is 0 Å². The summed E-state index contributed by atoms with van der Waals surface area (Å²) in [6, 6.07) is 6.05. The van der Waals surface area contributed by atoms with Crippen LogP contribution in [0.15, 0.2) is 54.0 Å². The van der Waals surface area contributed by atoms with Crippen molar-refractivity contribution in [3.8, 4) is 17.2 Å². The van der Waals surface area contributed by atoms with Gasteiger partial charge in [-0.05, 0) is 30.2 Å². The van der Waals surface area contributed by atoms with Crippen molar-refractivity contribution < 1.29 is 27.8 Å². The maximum atomic E-state index is 14.9. The number of imidazole rings is 1. The SMILES string of the molecule is COc1cc(C/N=C2\NC(=O)N(CCCn3ccnc3)C2c2cccc(F)c2F)cc(OC)c1OC. The number of carbonyl (C=O) groups excluding carboxylic acids is 1. The van der Waals surface area contributed by atoms with E-state index in [4.69, 9.17) is 14.2 Å². The minimum atomic E-state index is -1.01. The van der Waals surface area contributed by atoms with E-state index in [0.29, 0.717) is 42.3 Å². The van der Waals surface area contributed by atoms with Crippen molar-refractivity contribution in [2.24, 2.45) is 4.99 Å². The number of hydrogen-bond acceptors (Lipinski definition) is 6. The predicted octanol–water partition coefficient (Wildman–Crippen LogP) is 3.94. The highest BCUT2D eigenvalue weighted by atomic mass is 19.2. The van der Waals surface area contributed by atoms with Crippen LogP contribution >= 0.6 is 0 Å². The van der Waals surface area contributed by atoms with Gasteiger partial charge >= 0.3 is 6.03 Å². The molecule has 9 nitrogen and oxygen atoms in total. The summed E-state index contributed by atoms with van der Waals surface area (Å²) in [5.41, 5.74) is 0.739. The lowest BCUT2D eigenvalue weighted by Crippen LogP contribution is -2.31. The number of aromatic nitrogens is 2. The third-order valence-electron chi connectivity index (χ3n) is 5.87. The fourth-order valence-corrected chi connectivity index (χ4v) is 4.16. The van der Waals surface area contributed by atoms with E-state index in [-0.39, 0.29) is 17.9 Å². The quantitative estimate of drug-likeness (QED) is 0.456. The lowest BCUT2D eigenvalue weighted by Gasteiger charge is -2.24. The zero-order chi connectivity index (χ0) is 25.7. The third-order valence-corrected chi connectivity index (χ3v) is 5.87. The van der Waals surface area contributed by atoms with E-state index in [1.54, 1.807) is 24.7 Å². The van der Waals surface area contributed by atoms with E-state index < -0.39 is 23.7 Å². The number of urea groups is 1. The van der Waals surface area contributed by atoms with Crippen LogP contribution in [0.25, 0.3) is 0 Å². The lowest BCUT2D eigenvalue weighted by atomic mass is 10.0. The highest BCUT2D eigenvalue weighted by Gasteiger charge is 2.39. The summed E-state index contributed by atoms with van der Waals surface area (Å²) in [5, 5.41) is 2.73. The van der Waals surface area contributed by atoms with Crippen molar-refractivity contribution >= 4 is 11.9 Å². The molecule has 2 amide bonds. The van der Waals surface area contributed by atoms with E-state index >= 15 is 0 Å². The van der Waals surface area contributed by atoms with Crippen LogP contribution in [-0.2, 0) is 13.1 Å². The number of hydrogen-bond donors (Lipinski definition) is 1. The van der Waals surface area contributed by atoms with E-state index in [0.717, 1.165) is 6.07 Å². The van der Waals surface area contributed by atoms with Gasteiger partial charge in [-0.3, -0.25) is 10.3 Å². The molecule has 1 fully saturated rings. The van der Waals surface area contributed by atoms with E-state index in [1.165, 1.54) is 38.4 Å². The first-order chi connectivity index (χ1) is 17.5. The second kappa shape index (κ2) is 11.1. The van der Waals surface area contributed by atoms with Gasteiger partial charge in [-0.1, -0.05) is 12.1 Å². The Hall–Kier alpha value is -4.15. The van der Waals surface area contributed by atoms with Crippen molar-refractivity contribution in [1.82, 2.24) is 19.8 Å². The molecule has 0 spiro atoms. The molecule has 4 rings (SSSR count). The number of rotatable bonds is 10. The molecule has 11 heteroatoms. The minimum Gasteiger partial charge on any atom is -0.493 e. The summed E-state index contributed by atoms with van der Waals surface area (Å²) in [6.07, 6.45) is 5.74. The molecule has 1 aliphatic heterocycles. The van der Waals surface area contributed by atoms with Crippen LogP contribution in [-0.4, -0.2) is 54.2 Å². The van der Waals surface area contributed by atoms with Gasteiger partial charge in [-0.2, -0.15) is 0 Å². The molecule has 190 valence electrons. The standard InChI is InChI=1S/C25H27F2N5O4/c1-34-19-12-16(13-20(35-2)23(19)36-3)14-29-24-22(17-6-4-7-18(26)21(17)27)32(25(33)30-24)10-5-9-31-11-8-28-15-31/h4,6-8,11-13,15,22H,5,9-10,14H2,1-3H3,(H,29,30,33). The molecule has 2 heterocycles. The van der Waals surface area contributed by atoms with Gasteiger partial charge in [0.1, 0.15) is 11.9 Å². The van der Waals surface area contributed by atoms with Crippen molar-refractivity contribution in [3.05, 3.63) is 71.8 Å². The molecule has 1 N–H and O–H groups in total. The molecular formula is C25H27F2N5O4. The average Bonchev–Trinajstić information content (AvgIpc) is 3.51. The van der Waals surface area contributed by atoms with Crippen molar-refractivity contribution in [2.75, 3.05) is 27.9 Å². The van der Waals surface area contributed by atoms with Crippen LogP contribution < -0.4 is 19.5 Å². The van der Waals surface area contributed by atoms with Crippen molar-refractivity contribution in [1.29, 1.82) is 0 Å². The monoisotopic (exact) mass is 499 g/mol. The summed E-state index contributed by atoms with van der Waals surface area (Å²) < 4.78 is 47.0. The maximum absolute atomic E-state index is 14.9. The first kappa shape index (κ1) is 25.0. The maximum Gasteiger partial charge on any atom is 0.323 e. The van der Waals surface area contributed by atoms with Crippen molar-refractivity contribution in [3.63, 3.8) is 0 Å². The minimum absolute atomic E-state index is 0.0274. The molecule has 36 heavy (non-hydrogen) atoms. The molecule has 1 saturated heterocycles. The van der Waals surface area contributed by atoms with E-state index in [2.05, 4.69) is 15.3 Å². The van der Waals surface area contributed by atoms with Crippen LogP contribution in [0.5, 0.6) is 17.2 Å². The molecule has 1 aliphatic rings. The Bertz CT molecular complexity index is 1220. The number of amidine groups is 1. The fourth-order valence-electron chi connectivity index (χ4n) is 4.16. The zero-order valence-corrected chi connectivity index (χ0v) is 20.2. The van der Waals surface area contributed by atoms with Gasteiger partial charge in [-0.25, -0.2) is 18.6 Å². The van der Waals surface area contributed by atoms with Gasteiger partial charge in [0.15, 0.2) is 23.1 Å². The molecule has 1 aromatic heterocycles. The largest absolute Gasteiger partial charge is 0.493 e. The second-order valence-electron chi connectivity index (χ2n) is 8.06. The lowest BCUT2D eigenvalue weighted by molar-refractivity contribution is 0.203. The Kier molecular flexibility index (Phi) is 7.67. The summed E-state index contributed by atoms with van der Waals surface area (Å²) >= 11 is 0. The van der Waals surface area contributed by atoms with Crippen LogP contribution in [0, 0.1) is 11.6 Å². The smallest absolute Gasteiger partial charge is 0.323 e. The summed E-state index contributed by atoms with van der Waals surface area (Å²) in [4.78, 5) is 22.9. The predicted molar refractivity (Wildman–Crippen MR) is 128 cm³/mol. The molecule has 1 atom stereocenters. The van der Waals surface area contributed by atoms with E-state index in [1.807, 2.05) is 10.8 Å². The zero-order valence-electron chi connectivity index (χ0n) is 20.2. The van der Waals surface area contributed by atoms with Crippen LogP contribution in [0.3, 0.4) is 0 Å². The van der Waals surface area contributed by atoms with E-state index in [9.17, 15) is 13.6 Å². The number of amides is 2. The number of benzene rings is 2. The summed E-state index contributed by atoms with van der Waals surface area (Å²) in [6.45, 7) is 1.04. The van der Waals surface area contributed by atoms with Crippen LogP contribution in [0.4, 0.5) is 13.6 Å². The number of aryl methyl sites for hydroxylation is 1. The number of ether oxygens (including phenoxy) is 3. The first-order valence-electron chi connectivity index (χ1n) is 11.3. The number of nitrogens with zero attached hydrogens (tertiary/aromatic N) is 4.